The molecule has 2 saturated heterocycles. The summed E-state index contributed by atoms with van der Waals surface area (Å²) in [5.74, 6) is 0. The average molecular weight is 279 g/mol. The van der Waals surface area contributed by atoms with Crippen molar-refractivity contribution in [2.24, 2.45) is 5.73 Å². The van der Waals surface area contributed by atoms with E-state index in [1.54, 1.807) is 0 Å². The highest BCUT2D eigenvalue weighted by Gasteiger charge is 2.38. The highest BCUT2D eigenvalue weighted by Crippen LogP contribution is 2.19. The molecule has 0 radical (unpaired) electrons. The van der Waals surface area contributed by atoms with Gasteiger partial charge in [0.1, 0.15) is 0 Å². The van der Waals surface area contributed by atoms with Gasteiger partial charge in [0.2, 0.25) is 0 Å². The molecule has 18 heavy (non-hydrogen) atoms. The van der Waals surface area contributed by atoms with Gasteiger partial charge in [0, 0.05) is 32.2 Å². The Labute approximate surface area is 108 Å². The number of morpholine rings is 2. The monoisotopic (exact) mass is 279 g/mol. The maximum atomic E-state index is 12.5. The first-order valence-electron chi connectivity index (χ1n) is 6.22. The molecule has 0 bridgehead atoms. The van der Waals surface area contributed by atoms with Crippen LogP contribution < -0.4 is 5.73 Å². The molecule has 2 rings (SSSR count). The lowest BCUT2D eigenvalue weighted by molar-refractivity contribution is -0.0254. The third-order valence-corrected chi connectivity index (χ3v) is 5.42. The Bertz CT molecular complexity index is 369. The summed E-state index contributed by atoms with van der Waals surface area (Å²) in [5.41, 5.74) is 5.55. The lowest BCUT2D eigenvalue weighted by Crippen LogP contribution is -2.58. The van der Waals surface area contributed by atoms with E-state index in [0.29, 0.717) is 46.0 Å². The number of nitrogens with zero attached hydrogens (tertiary/aromatic N) is 2. The predicted octanol–water partition coefficient (Wildman–Crippen LogP) is -1.39. The first-order chi connectivity index (χ1) is 8.55. The van der Waals surface area contributed by atoms with E-state index in [9.17, 15) is 8.42 Å². The zero-order valence-electron chi connectivity index (χ0n) is 10.6. The second kappa shape index (κ2) is 5.81. The van der Waals surface area contributed by atoms with Crippen LogP contribution >= 0.6 is 0 Å². The zero-order chi connectivity index (χ0) is 13.2. The number of nitrogens with two attached hydrogens (primary N) is 1. The number of ether oxygens (including phenoxy) is 2. The number of hydrogen-bond acceptors (Lipinski definition) is 5. The lowest BCUT2D eigenvalue weighted by Gasteiger charge is -2.40. The number of hydrogen-bond donors (Lipinski definition) is 1. The maximum absolute atomic E-state index is 12.5. The Morgan fingerprint density at radius 3 is 2.61 bits per heavy atom. The standard InChI is InChI=1S/C10H21N3O4S/c1-9-8-17-10(6-11)7-13(9)18(14,15)12-2-4-16-5-3-12/h9-10H,2-8,11H2,1H3. The summed E-state index contributed by atoms with van der Waals surface area (Å²) in [7, 11) is -3.43. The minimum absolute atomic E-state index is 0.152. The summed E-state index contributed by atoms with van der Waals surface area (Å²) in [4.78, 5) is 0. The van der Waals surface area contributed by atoms with E-state index in [1.807, 2.05) is 6.92 Å². The van der Waals surface area contributed by atoms with Crippen LogP contribution in [0.3, 0.4) is 0 Å². The van der Waals surface area contributed by atoms with Crippen LogP contribution in [0.25, 0.3) is 0 Å². The van der Waals surface area contributed by atoms with Gasteiger partial charge < -0.3 is 15.2 Å². The van der Waals surface area contributed by atoms with E-state index < -0.39 is 10.2 Å². The molecule has 0 aromatic rings. The Hall–Kier alpha value is -0.250. The third-order valence-electron chi connectivity index (χ3n) is 3.30. The van der Waals surface area contributed by atoms with Gasteiger partial charge in [-0.1, -0.05) is 0 Å². The van der Waals surface area contributed by atoms with Gasteiger partial charge in [-0.15, -0.1) is 0 Å². The SMILES string of the molecule is CC1COC(CN)CN1S(=O)(=O)N1CCOCC1. The van der Waals surface area contributed by atoms with Crippen LogP contribution in [0.15, 0.2) is 0 Å². The molecule has 0 aliphatic carbocycles. The highest BCUT2D eigenvalue weighted by molar-refractivity contribution is 7.86. The molecule has 0 spiro atoms. The van der Waals surface area contributed by atoms with Crippen LogP contribution in [0.2, 0.25) is 0 Å². The molecule has 106 valence electrons. The summed E-state index contributed by atoms with van der Waals surface area (Å²) >= 11 is 0. The summed E-state index contributed by atoms with van der Waals surface area (Å²) in [5, 5.41) is 0. The molecule has 8 heteroatoms. The van der Waals surface area contributed by atoms with E-state index in [0.717, 1.165) is 0 Å². The van der Waals surface area contributed by atoms with Crippen LogP contribution in [0.4, 0.5) is 0 Å². The molecule has 0 aromatic heterocycles. The van der Waals surface area contributed by atoms with Crippen molar-refractivity contribution in [3.8, 4) is 0 Å². The van der Waals surface area contributed by atoms with Crippen molar-refractivity contribution in [2.45, 2.75) is 19.1 Å². The fraction of sp³-hybridized carbons (Fsp3) is 1.00. The molecule has 2 heterocycles. The van der Waals surface area contributed by atoms with Crippen molar-refractivity contribution in [3.05, 3.63) is 0 Å². The summed E-state index contributed by atoms with van der Waals surface area (Å²) in [6.45, 7) is 4.66. The lowest BCUT2D eigenvalue weighted by atomic mass is 10.2. The van der Waals surface area contributed by atoms with Crippen molar-refractivity contribution in [1.82, 2.24) is 8.61 Å². The van der Waals surface area contributed by atoms with E-state index in [2.05, 4.69) is 0 Å². The van der Waals surface area contributed by atoms with Gasteiger partial charge in [-0.25, -0.2) is 0 Å². The predicted molar refractivity (Wildman–Crippen MR) is 66.3 cm³/mol. The topological polar surface area (TPSA) is 85.1 Å². The first kappa shape index (κ1) is 14.2. The Morgan fingerprint density at radius 1 is 1.33 bits per heavy atom. The fourth-order valence-electron chi connectivity index (χ4n) is 2.18. The molecule has 0 aromatic carbocycles. The largest absolute Gasteiger partial charge is 0.379 e. The van der Waals surface area contributed by atoms with Crippen molar-refractivity contribution >= 4 is 10.2 Å². The molecule has 2 aliphatic heterocycles. The molecule has 0 saturated carbocycles. The molecule has 0 amide bonds. The number of rotatable bonds is 3. The van der Waals surface area contributed by atoms with Crippen LogP contribution in [0, 0.1) is 0 Å². The van der Waals surface area contributed by atoms with Gasteiger partial charge in [0.25, 0.3) is 10.2 Å². The second-order valence-electron chi connectivity index (χ2n) is 4.63. The van der Waals surface area contributed by atoms with Crippen molar-refractivity contribution in [2.75, 3.05) is 46.0 Å². The minimum Gasteiger partial charge on any atom is -0.379 e. The first-order valence-corrected chi connectivity index (χ1v) is 7.61. The third kappa shape index (κ3) is 2.84. The molecule has 2 aliphatic rings. The van der Waals surface area contributed by atoms with E-state index >= 15 is 0 Å². The van der Waals surface area contributed by atoms with Crippen LogP contribution in [0.5, 0.6) is 0 Å². The molecule has 7 nitrogen and oxygen atoms in total. The minimum atomic E-state index is -3.43. The van der Waals surface area contributed by atoms with Crippen LogP contribution in [-0.4, -0.2) is 75.2 Å². The second-order valence-corrected chi connectivity index (χ2v) is 6.51. The van der Waals surface area contributed by atoms with E-state index in [4.69, 9.17) is 15.2 Å². The van der Waals surface area contributed by atoms with Gasteiger partial charge in [-0.05, 0) is 6.92 Å². The maximum Gasteiger partial charge on any atom is 0.282 e. The van der Waals surface area contributed by atoms with Gasteiger partial charge in [0.05, 0.1) is 25.9 Å². The van der Waals surface area contributed by atoms with Crippen molar-refractivity contribution in [3.63, 3.8) is 0 Å². The van der Waals surface area contributed by atoms with Gasteiger partial charge in [0.15, 0.2) is 0 Å². The normalized spacial score (nSPS) is 32.6. The van der Waals surface area contributed by atoms with Crippen LogP contribution in [-0.2, 0) is 19.7 Å². The molecule has 2 N–H and O–H groups in total. The van der Waals surface area contributed by atoms with Crippen molar-refractivity contribution in [1.29, 1.82) is 0 Å². The molecule has 2 fully saturated rings. The summed E-state index contributed by atoms with van der Waals surface area (Å²) in [6, 6.07) is -0.152. The van der Waals surface area contributed by atoms with Gasteiger partial charge in [-0.3, -0.25) is 0 Å². The van der Waals surface area contributed by atoms with E-state index in [-0.39, 0.29) is 12.1 Å². The average Bonchev–Trinajstić information content (AvgIpc) is 2.40. The van der Waals surface area contributed by atoms with Gasteiger partial charge >= 0.3 is 0 Å². The molecule has 2 atom stereocenters. The zero-order valence-corrected chi connectivity index (χ0v) is 11.4. The summed E-state index contributed by atoms with van der Waals surface area (Å²) < 4.78 is 38.7. The molecular weight excluding hydrogens is 258 g/mol. The van der Waals surface area contributed by atoms with Crippen molar-refractivity contribution < 1.29 is 17.9 Å². The summed E-state index contributed by atoms with van der Waals surface area (Å²) in [6.07, 6.45) is -0.211. The Balaban J connectivity index is 2.11. The van der Waals surface area contributed by atoms with Crippen LogP contribution in [0.1, 0.15) is 6.92 Å². The molecule has 2 unspecified atom stereocenters. The van der Waals surface area contributed by atoms with Gasteiger partial charge in [-0.2, -0.15) is 17.0 Å². The highest BCUT2D eigenvalue weighted by atomic mass is 32.2. The smallest absolute Gasteiger partial charge is 0.282 e. The van der Waals surface area contributed by atoms with E-state index in [1.165, 1.54) is 8.61 Å². The quantitative estimate of drug-likeness (QED) is 0.687. The Kier molecular flexibility index (Phi) is 4.57. The fourth-order valence-corrected chi connectivity index (χ4v) is 3.96. The molecular formula is C10H21N3O4S. The Morgan fingerprint density at radius 2 is 2.00 bits per heavy atom.